The highest BCUT2D eigenvalue weighted by Gasteiger charge is 2.08. The molecule has 0 unspecified atom stereocenters. The Morgan fingerprint density at radius 1 is 1.15 bits per heavy atom. The topological polar surface area (TPSA) is 61.3 Å². The number of hydrogen-bond acceptors (Lipinski definition) is 4. The van der Waals surface area contributed by atoms with Crippen LogP contribution >= 0.6 is 0 Å². The highest BCUT2D eigenvalue weighted by molar-refractivity contribution is 5.76. The Hall–Kier alpha value is -2.49. The van der Waals surface area contributed by atoms with Crippen LogP contribution in [0.1, 0.15) is 17.0 Å². The van der Waals surface area contributed by atoms with Crippen LogP contribution in [-0.4, -0.2) is 4.98 Å². The predicted molar refractivity (Wildman–Crippen MR) is 78.7 cm³/mol. The number of nitrogens with two attached hydrogens (primary N) is 1. The average Bonchev–Trinajstić information content (AvgIpc) is 2.81. The van der Waals surface area contributed by atoms with Crippen molar-refractivity contribution in [1.82, 2.24) is 4.98 Å². The number of ether oxygens (including phenoxy) is 1. The van der Waals surface area contributed by atoms with E-state index in [0.29, 0.717) is 18.2 Å². The number of aromatic nitrogens is 1. The number of benzene rings is 2. The second-order valence-corrected chi connectivity index (χ2v) is 4.89. The van der Waals surface area contributed by atoms with Gasteiger partial charge in [0.25, 0.3) is 0 Å². The van der Waals surface area contributed by atoms with Crippen LogP contribution in [0, 0.1) is 13.8 Å². The average molecular weight is 268 g/mol. The molecule has 2 aromatic carbocycles. The monoisotopic (exact) mass is 268 g/mol. The molecule has 102 valence electrons. The lowest BCUT2D eigenvalue weighted by atomic mass is 10.1. The van der Waals surface area contributed by atoms with Crippen LogP contribution in [-0.2, 0) is 6.61 Å². The summed E-state index contributed by atoms with van der Waals surface area (Å²) in [6.45, 7) is 4.36. The molecule has 2 N–H and O–H groups in total. The summed E-state index contributed by atoms with van der Waals surface area (Å²) < 4.78 is 11.4. The molecule has 0 radical (unpaired) electrons. The molecule has 0 aliphatic heterocycles. The third-order valence-corrected chi connectivity index (χ3v) is 3.15. The maximum atomic E-state index is 5.78. The normalized spacial score (nSPS) is 10.9. The van der Waals surface area contributed by atoms with Gasteiger partial charge in [-0.1, -0.05) is 12.1 Å². The van der Waals surface area contributed by atoms with Crippen LogP contribution in [0.5, 0.6) is 5.75 Å². The van der Waals surface area contributed by atoms with Crippen molar-refractivity contribution in [1.29, 1.82) is 0 Å². The first kappa shape index (κ1) is 12.5. The van der Waals surface area contributed by atoms with Crippen LogP contribution < -0.4 is 10.5 Å². The molecule has 0 spiro atoms. The molecular weight excluding hydrogens is 252 g/mol. The minimum absolute atomic E-state index is 0.304. The molecule has 4 heteroatoms. The van der Waals surface area contributed by atoms with E-state index in [4.69, 9.17) is 14.9 Å². The van der Waals surface area contributed by atoms with Crippen LogP contribution in [0.4, 0.5) is 5.69 Å². The van der Waals surface area contributed by atoms with Crippen molar-refractivity contribution >= 4 is 16.8 Å². The fourth-order valence-electron chi connectivity index (χ4n) is 2.06. The van der Waals surface area contributed by atoms with E-state index in [-0.39, 0.29) is 0 Å². The van der Waals surface area contributed by atoms with Crippen molar-refractivity contribution in [2.24, 2.45) is 0 Å². The SMILES string of the molecule is Cc1ccc(C)c(OCc2nc3cc(N)ccc3o2)c1. The number of nitrogens with zero attached hydrogens (tertiary/aromatic N) is 1. The molecule has 0 fully saturated rings. The second-order valence-electron chi connectivity index (χ2n) is 4.89. The molecular formula is C16H16N2O2. The van der Waals surface area contributed by atoms with Gasteiger partial charge in [0.1, 0.15) is 11.3 Å². The highest BCUT2D eigenvalue weighted by Crippen LogP contribution is 2.22. The van der Waals surface area contributed by atoms with Gasteiger partial charge in [-0.15, -0.1) is 0 Å². The summed E-state index contributed by atoms with van der Waals surface area (Å²) in [5.74, 6) is 1.40. The Balaban J connectivity index is 1.81. The molecule has 3 aromatic rings. The van der Waals surface area contributed by atoms with Crippen molar-refractivity contribution in [2.75, 3.05) is 5.73 Å². The van der Waals surface area contributed by atoms with Gasteiger partial charge in [-0.3, -0.25) is 0 Å². The number of rotatable bonds is 3. The largest absolute Gasteiger partial charge is 0.484 e. The maximum Gasteiger partial charge on any atom is 0.233 e. The Bertz CT molecular complexity index is 762. The fraction of sp³-hybridized carbons (Fsp3) is 0.188. The molecule has 0 atom stereocenters. The number of fused-ring (bicyclic) bond motifs is 1. The molecule has 0 saturated heterocycles. The van der Waals surface area contributed by atoms with Gasteiger partial charge in [0.15, 0.2) is 12.2 Å². The quantitative estimate of drug-likeness (QED) is 0.737. The molecule has 1 heterocycles. The zero-order chi connectivity index (χ0) is 14.1. The fourth-order valence-corrected chi connectivity index (χ4v) is 2.06. The van der Waals surface area contributed by atoms with E-state index >= 15 is 0 Å². The van der Waals surface area contributed by atoms with E-state index in [1.165, 1.54) is 0 Å². The van der Waals surface area contributed by atoms with Crippen molar-refractivity contribution in [3.05, 3.63) is 53.4 Å². The van der Waals surface area contributed by atoms with Gasteiger partial charge >= 0.3 is 0 Å². The van der Waals surface area contributed by atoms with Gasteiger partial charge in [0, 0.05) is 5.69 Å². The van der Waals surface area contributed by atoms with Crippen LogP contribution in [0.25, 0.3) is 11.1 Å². The number of nitrogen functional groups attached to an aromatic ring is 1. The van der Waals surface area contributed by atoms with Gasteiger partial charge in [0.05, 0.1) is 0 Å². The Morgan fingerprint density at radius 3 is 2.85 bits per heavy atom. The van der Waals surface area contributed by atoms with Gasteiger partial charge < -0.3 is 14.9 Å². The molecule has 0 bridgehead atoms. The van der Waals surface area contributed by atoms with Crippen LogP contribution in [0.3, 0.4) is 0 Å². The first-order valence-electron chi connectivity index (χ1n) is 6.47. The lowest BCUT2D eigenvalue weighted by Crippen LogP contribution is -1.97. The third-order valence-electron chi connectivity index (χ3n) is 3.15. The van der Waals surface area contributed by atoms with Gasteiger partial charge in [-0.25, -0.2) is 4.98 Å². The van der Waals surface area contributed by atoms with E-state index in [9.17, 15) is 0 Å². The standard InChI is InChI=1S/C16H16N2O2/c1-10-3-4-11(2)15(7-10)19-9-16-18-13-8-12(17)5-6-14(13)20-16/h3-8H,9,17H2,1-2H3. The molecule has 1 aromatic heterocycles. The Morgan fingerprint density at radius 2 is 2.00 bits per heavy atom. The smallest absolute Gasteiger partial charge is 0.233 e. The zero-order valence-electron chi connectivity index (χ0n) is 11.5. The van der Waals surface area contributed by atoms with Crippen LogP contribution in [0.2, 0.25) is 0 Å². The molecule has 0 amide bonds. The summed E-state index contributed by atoms with van der Waals surface area (Å²) in [7, 11) is 0. The van der Waals surface area contributed by atoms with Crippen molar-refractivity contribution < 1.29 is 9.15 Å². The predicted octanol–water partition coefficient (Wildman–Crippen LogP) is 3.61. The molecule has 20 heavy (non-hydrogen) atoms. The van der Waals surface area contributed by atoms with Crippen molar-refractivity contribution in [3.63, 3.8) is 0 Å². The summed E-state index contributed by atoms with van der Waals surface area (Å²) in [4.78, 5) is 4.37. The van der Waals surface area contributed by atoms with E-state index in [1.54, 1.807) is 12.1 Å². The minimum atomic E-state index is 0.304. The molecule has 0 aliphatic carbocycles. The zero-order valence-corrected chi connectivity index (χ0v) is 11.5. The van der Waals surface area contributed by atoms with Gasteiger partial charge in [0.2, 0.25) is 5.89 Å². The summed E-state index contributed by atoms with van der Waals surface area (Å²) in [6, 6.07) is 11.5. The summed E-state index contributed by atoms with van der Waals surface area (Å²) in [6.07, 6.45) is 0. The Labute approximate surface area is 117 Å². The van der Waals surface area contributed by atoms with Crippen molar-refractivity contribution in [3.8, 4) is 5.75 Å². The molecule has 4 nitrogen and oxygen atoms in total. The van der Waals surface area contributed by atoms with Gasteiger partial charge in [-0.2, -0.15) is 0 Å². The molecule has 0 aliphatic rings. The second kappa shape index (κ2) is 4.89. The van der Waals surface area contributed by atoms with E-state index in [0.717, 1.165) is 28.0 Å². The number of hydrogen-bond donors (Lipinski definition) is 1. The van der Waals surface area contributed by atoms with Crippen molar-refractivity contribution in [2.45, 2.75) is 20.5 Å². The Kier molecular flexibility index (Phi) is 3.06. The van der Waals surface area contributed by atoms with E-state index in [1.807, 2.05) is 32.0 Å². The summed E-state index contributed by atoms with van der Waals surface area (Å²) in [5, 5.41) is 0. The molecule has 3 rings (SSSR count). The van der Waals surface area contributed by atoms with E-state index < -0.39 is 0 Å². The highest BCUT2D eigenvalue weighted by atomic mass is 16.5. The number of anilines is 1. The van der Waals surface area contributed by atoms with E-state index in [2.05, 4.69) is 11.1 Å². The first-order chi connectivity index (χ1) is 9.61. The lowest BCUT2D eigenvalue weighted by molar-refractivity contribution is 0.265. The van der Waals surface area contributed by atoms with Crippen LogP contribution in [0.15, 0.2) is 40.8 Å². The maximum absolute atomic E-state index is 5.78. The summed E-state index contributed by atoms with van der Waals surface area (Å²) >= 11 is 0. The first-order valence-corrected chi connectivity index (χ1v) is 6.47. The number of oxazole rings is 1. The minimum Gasteiger partial charge on any atom is -0.484 e. The number of aryl methyl sites for hydroxylation is 2. The molecule has 0 saturated carbocycles. The van der Waals surface area contributed by atoms with Gasteiger partial charge in [-0.05, 0) is 49.2 Å². The lowest BCUT2D eigenvalue weighted by Gasteiger charge is -2.07. The third kappa shape index (κ3) is 2.45. The summed E-state index contributed by atoms with van der Waals surface area (Å²) in [5.41, 5.74) is 10.1.